The van der Waals surface area contributed by atoms with Crippen molar-refractivity contribution in [2.75, 3.05) is 6.26 Å². The molecule has 76 valence electrons. The third-order valence-electron chi connectivity index (χ3n) is 2.28. The van der Waals surface area contributed by atoms with E-state index in [-0.39, 0.29) is 5.24 Å². The van der Waals surface area contributed by atoms with E-state index in [2.05, 4.69) is 6.92 Å². The number of benzene rings is 1. The van der Waals surface area contributed by atoms with E-state index in [1.807, 2.05) is 25.3 Å². The van der Waals surface area contributed by atoms with Crippen molar-refractivity contribution in [1.82, 2.24) is 0 Å². The van der Waals surface area contributed by atoms with E-state index >= 15 is 0 Å². The van der Waals surface area contributed by atoms with Crippen LogP contribution in [0.25, 0.3) is 0 Å². The monoisotopic (exact) mass is 228 g/mol. The highest BCUT2D eigenvalue weighted by Crippen LogP contribution is 2.28. The minimum Gasteiger partial charge on any atom is -0.276 e. The summed E-state index contributed by atoms with van der Waals surface area (Å²) < 4.78 is 0. The molecule has 1 nitrogen and oxygen atoms in total. The maximum absolute atomic E-state index is 11.1. The summed E-state index contributed by atoms with van der Waals surface area (Å²) in [5, 5.41) is -0.375. The van der Waals surface area contributed by atoms with Crippen molar-refractivity contribution in [1.29, 1.82) is 0 Å². The van der Waals surface area contributed by atoms with Crippen molar-refractivity contribution in [3.05, 3.63) is 28.8 Å². The Morgan fingerprint density at radius 2 is 2.14 bits per heavy atom. The molecule has 0 unspecified atom stereocenters. The van der Waals surface area contributed by atoms with Crippen molar-refractivity contribution in [3.63, 3.8) is 0 Å². The predicted octanol–water partition coefficient (Wildman–Crippen LogP) is 3.66. The summed E-state index contributed by atoms with van der Waals surface area (Å²) in [4.78, 5) is 12.3. The second-order valence-electron chi connectivity index (χ2n) is 3.06. The number of aryl methyl sites for hydroxylation is 1. The zero-order chi connectivity index (χ0) is 10.7. The lowest BCUT2D eigenvalue weighted by molar-refractivity contribution is 0.108. The molecule has 0 aliphatic rings. The van der Waals surface area contributed by atoms with Crippen molar-refractivity contribution in [3.8, 4) is 0 Å². The van der Waals surface area contributed by atoms with Crippen LogP contribution in [0, 0.1) is 6.92 Å². The molecule has 0 aromatic heterocycles. The highest BCUT2D eigenvalue weighted by atomic mass is 35.5. The number of halogens is 1. The number of thioether (sulfide) groups is 1. The van der Waals surface area contributed by atoms with Gasteiger partial charge in [0.2, 0.25) is 0 Å². The topological polar surface area (TPSA) is 17.1 Å². The summed E-state index contributed by atoms with van der Waals surface area (Å²) in [7, 11) is 0. The fraction of sp³-hybridized carbons (Fsp3) is 0.364. The SMILES string of the molecule is CCc1ccc(C(=O)Cl)c(C)c1SC. The van der Waals surface area contributed by atoms with Crippen LogP contribution in [-0.2, 0) is 6.42 Å². The summed E-state index contributed by atoms with van der Waals surface area (Å²) in [5.74, 6) is 0. The van der Waals surface area contributed by atoms with Gasteiger partial charge in [-0.05, 0) is 48.4 Å². The van der Waals surface area contributed by atoms with Crippen LogP contribution in [-0.4, -0.2) is 11.5 Å². The van der Waals surface area contributed by atoms with Crippen molar-refractivity contribution in [2.45, 2.75) is 25.2 Å². The maximum atomic E-state index is 11.1. The minimum atomic E-state index is -0.375. The quantitative estimate of drug-likeness (QED) is 0.580. The largest absolute Gasteiger partial charge is 0.276 e. The normalized spacial score (nSPS) is 10.3. The highest BCUT2D eigenvalue weighted by Gasteiger charge is 2.11. The minimum absolute atomic E-state index is 0.375. The molecule has 0 radical (unpaired) electrons. The van der Waals surface area contributed by atoms with Gasteiger partial charge in [0, 0.05) is 10.5 Å². The molecular weight excluding hydrogens is 216 g/mol. The fourth-order valence-corrected chi connectivity index (χ4v) is 2.62. The third kappa shape index (κ3) is 2.12. The summed E-state index contributed by atoms with van der Waals surface area (Å²) in [6, 6.07) is 3.79. The van der Waals surface area contributed by atoms with Gasteiger partial charge in [0.1, 0.15) is 0 Å². The zero-order valence-electron chi connectivity index (χ0n) is 8.56. The first-order valence-corrected chi connectivity index (χ1v) is 6.08. The van der Waals surface area contributed by atoms with Crippen LogP contribution in [0.2, 0.25) is 0 Å². The van der Waals surface area contributed by atoms with Crippen molar-refractivity contribution < 1.29 is 4.79 Å². The van der Waals surface area contributed by atoms with Crippen LogP contribution in [0.5, 0.6) is 0 Å². The summed E-state index contributed by atoms with van der Waals surface area (Å²) >= 11 is 7.15. The zero-order valence-corrected chi connectivity index (χ0v) is 10.1. The molecule has 0 fully saturated rings. The smallest absolute Gasteiger partial charge is 0.252 e. The van der Waals surface area contributed by atoms with Crippen LogP contribution in [0.4, 0.5) is 0 Å². The molecule has 3 heteroatoms. The standard InChI is InChI=1S/C11H13ClOS/c1-4-8-5-6-9(11(12)13)7(2)10(8)14-3/h5-6H,4H2,1-3H3. The molecular formula is C11H13ClOS. The first-order valence-electron chi connectivity index (χ1n) is 4.48. The Morgan fingerprint density at radius 1 is 1.50 bits per heavy atom. The van der Waals surface area contributed by atoms with E-state index in [1.165, 1.54) is 10.5 Å². The van der Waals surface area contributed by atoms with Gasteiger partial charge in [0.15, 0.2) is 0 Å². The van der Waals surface area contributed by atoms with E-state index in [1.54, 1.807) is 11.8 Å². The molecule has 14 heavy (non-hydrogen) atoms. The molecule has 1 aromatic carbocycles. The Labute approximate surface area is 93.8 Å². The van der Waals surface area contributed by atoms with E-state index in [0.717, 1.165) is 12.0 Å². The third-order valence-corrected chi connectivity index (χ3v) is 3.46. The van der Waals surface area contributed by atoms with E-state index < -0.39 is 0 Å². The molecule has 0 saturated carbocycles. The Bertz CT molecular complexity index is 361. The Hall–Kier alpha value is -0.470. The molecule has 0 N–H and O–H groups in total. The van der Waals surface area contributed by atoms with Crippen LogP contribution < -0.4 is 0 Å². The van der Waals surface area contributed by atoms with Gasteiger partial charge in [-0.15, -0.1) is 11.8 Å². The number of carbonyl (C=O) groups is 1. The number of rotatable bonds is 3. The molecule has 1 rings (SSSR count). The Kier molecular flexibility index (Phi) is 4.02. The number of carbonyl (C=O) groups excluding carboxylic acids is 1. The predicted molar refractivity (Wildman–Crippen MR) is 62.5 cm³/mol. The summed E-state index contributed by atoms with van der Waals surface area (Å²) in [5.41, 5.74) is 2.89. The fourth-order valence-electron chi connectivity index (χ4n) is 1.52. The first-order chi connectivity index (χ1) is 6.61. The van der Waals surface area contributed by atoms with Gasteiger partial charge in [0.05, 0.1) is 0 Å². The molecule has 0 aliphatic carbocycles. The van der Waals surface area contributed by atoms with Crippen LogP contribution in [0.15, 0.2) is 17.0 Å². The van der Waals surface area contributed by atoms with Gasteiger partial charge in [-0.2, -0.15) is 0 Å². The van der Waals surface area contributed by atoms with E-state index in [0.29, 0.717) is 5.56 Å². The summed E-state index contributed by atoms with van der Waals surface area (Å²) in [6.07, 6.45) is 3.00. The van der Waals surface area contributed by atoms with Crippen molar-refractivity contribution in [2.24, 2.45) is 0 Å². The summed E-state index contributed by atoms with van der Waals surface area (Å²) in [6.45, 7) is 4.05. The number of hydrogen-bond acceptors (Lipinski definition) is 2. The first kappa shape index (κ1) is 11.6. The molecule has 0 heterocycles. The number of hydrogen-bond donors (Lipinski definition) is 0. The molecule has 0 bridgehead atoms. The van der Waals surface area contributed by atoms with Crippen molar-refractivity contribution >= 4 is 28.6 Å². The van der Waals surface area contributed by atoms with E-state index in [9.17, 15) is 4.79 Å². The molecule has 0 aliphatic heterocycles. The molecule has 0 spiro atoms. The van der Waals surface area contributed by atoms with Crippen LogP contribution in [0.3, 0.4) is 0 Å². The average Bonchev–Trinajstić information content (AvgIpc) is 2.16. The van der Waals surface area contributed by atoms with Gasteiger partial charge in [0.25, 0.3) is 5.24 Å². The Balaban J connectivity index is 3.34. The second kappa shape index (κ2) is 4.85. The average molecular weight is 229 g/mol. The molecule has 1 aromatic rings. The van der Waals surface area contributed by atoms with Gasteiger partial charge in [-0.3, -0.25) is 4.79 Å². The van der Waals surface area contributed by atoms with Crippen LogP contribution >= 0.6 is 23.4 Å². The maximum Gasteiger partial charge on any atom is 0.252 e. The lowest BCUT2D eigenvalue weighted by Crippen LogP contribution is -1.98. The van der Waals surface area contributed by atoms with Gasteiger partial charge in [-0.1, -0.05) is 13.0 Å². The van der Waals surface area contributed by atoms with Crippen LogP contribution in [0.1, 0.15) is 28.4 Å². The lowest BCUT2D eigenvalue weighted by atomic mass is 10.0. The molecule has 0 amide bonds. The van der Waals surface area contributed by atoms with Gasteiger partial charge < -0.3 is 0 Å². The second-order valence-corrected chi connectivity index (χ2v) is 4.22. The Morgan fingerprint density at radius 3 is 2.57 bits per heavy atom. The molecule has 0 atom stereocenters. The lowest BCUT2D eigenvalue weighted by Gasteiger charge is -2.11. The van der Waals surface area contributed by atoms with E-state index in [4.69, 9.17) is 11.6 Å². The molecule has 0 saturated heterocycles. The van der Waals surface area contributed by atoms with Gasteiger partial charge in [-0.25, -0.2) is 0 Å². The highest BCUT2D eigenvalue weighted by molar-refractivity contribution is 7.98. The van der Waals surface area contributed by atoms with Gasteiger partial charge >= 0.3 is 0 Å².